The summed E-state index contributed by atoms with van der Waals surface area (Å²) in [5.41, 5.74) is 0.128. The highest BCUT2D eigenvalue weighted by molar-refractivity contribution is 6.06. The molecular weight excluding hydrogens is 287 g/mol. The van der Waals surface area contributed by atoms with E-state index in [2.05, 4.69) is 10.3 Å². The topological polar surface area (TPSA) is 79.0 Å². The highest BCUT2D eigenvalue weighted by atomic mass is 19.1. The van der Waals surface area contributed by atoms with Crippen LogP contribution >= 0.6 is 0 Å². The van der Waals surface area contributed by atoms with Crippen LogP contribution in [0.1, 0.15) is 39.3 Å². The quantitative estimate of drug-likeness (QED) is 0.893. The molecule has 0 spiro atoms. The van der Waals surface area contributed by atoms with Crippen LogP contribution in [0.3, 0.4) is 0 Å². The Hall–Kier alpha value is -2.76. The number of amides is 1. The van der Waals surface area contributed by atoms with Crippen LogP contribution in [-0.4, -0.2) is 16.7 Å². The Morgan fingerprint density at radius 3 is 2.73 bits per heavy atom. The van der Waals surface area contributed by atoms with Gasteiger partial charge in [0.1, 0.15) is 11.4 Å². The molecule has 1 aromatic carbocycles. The first-order chi connectivity index (χ1) is 10.6. The van der Waals surface area contributed by atoms with Crippen LogP contribution < -0.4 is 10.9 Å². The Morgan fingerprint density at radius 2 is 1.95 bits per heavy atom. The van der Waals surface area contributed by atoms with Crippen LogP contribution in [-0.2, 0) is 6.42 Å². The van der Waals surface area contributed by atoms with Gasteiger partial charge in [0.15, 0.2) is 5.78 Å². The Labute approximate surface area is 125 Å². The van der Waals surface area contributed by atoms with Crippen molar-refractivity contribution in [3.63, 3.8) is 0 Å². The van der Waals surface area contributed by atoms with E-state index in [-0.39, 0.29) is 17.0 Å². The second kappa shape index (κ2) is 5.55. The molecule has 1 amide bonds. The lowest BCUT2D eigenvalue weighted by Gasteiger charge is -2.15. The van der Waals surface area contributed by atoms with Gasteiger partial charge in [0, 0.05) is 17.7 Å². The Bertz CT molecular complexity index is 826. The first-order valence-electron chi connectivity index (χ1n) is 6.91. The molecule has 0 unspecified atom stereocenters. The first-order valence-corrected chi connectivity index (χ1v) is 6.91. The highest BCUT2D eigenvalue weighted by Gasteiger charge is 2.22. The third-order valence-corrected chi connectivity index (χ3v) is 3.62. The van der Waals surface area contributed by atoms with E-state index in [1.807, 2.05) is 0 Å². The summed E-state index contributed by atoms with van der Waals surface area (Å²) >= 11 is 0. The van der Waals surface area contributed by atoms with Crippen molar-refractivity contribution in [3.8, 4) is 0 Å². The number of aromatic amines is 1. The number of benzene rings is 1. The van der Waals surface area contributed by atoms with Gasteiger partial charge in [-0.25, -0.2) is 4.39 Å². The number of ketones is 1. The van der Waals surface area contributed by atoms with E-state index in [1.54, 1.807) is 6.07 Å². The predicted molar refractivity (Wildman–Crippen MR) is 78.7 cm³/mol. The summed E-state index contributed by atoms with van der Waals surface area (Å²) in [4.78, 5) is 38.6. The second-order valence-corrected chi connectivity index (χ2v) is 5.12. The molecule has 112 valence electrons. The van der Waals surface area contributed by atoms with E-state index < -0.39 is 17.3 Å². The van der Waals surface area contributed by atoms with Crippen LogP contribution in [0.4, 0.5) is 10.1 Å². The van der Waals surface area contributed by atoms with E-state index in [4.69, 9.17) is 0 Å². The zero-order chi connectivity index (χ0) is 15.7. The molecule has 1 aliphatic carbocycles. The van der Waals surface area contributed by atoms with Gasteiger partial charge < -0.3 is 10.3 Å². The number of rotatable bonds is 2. The van der Waals surface area contributed by atoms with Crippen molar-refractivity contribution in [3.05, 3.63) is 63.3 Å². The molecule has 0 aliphatic heterocycles. The average molecular weight is 300 g/mol. The maximum absolute atomic E-state index is 13.5. The van der Waals surface area contributed by atoms with Crippen LogP contribution in [0.15, 0.2) is 35.1 Å². The van der Waals surface area contributed by atoms with Crippen molar-refractivity contribution >= 4 is 17.4 Å². The summed E-state index contributed by atoms with van der Waals surface area (Å²) < 4.78 is 13.5. The van der Waals surface area contributed by atoms with Crippen molar-refractivity contribution in [1.82, 2.24) is 4.98 Å². The number of carbonyl (C=O) groups excluding carboxylic acids is 2. The number of nitrogens with one attached hydrogen (secondary N) is 2. The fourth-order valence-electron chi connectivity index (χ4n) is 2.50. The van der Waals surface area contributed by atoms with Gasteiger partial charge in [0.05, 0.1) is 5.69 Å². The summed E-state index contributed by atoms with van der Waals surface area (Å²) in [5, 5.41) is 2.34. The molecule has 5 nitrogen and oxygen atoms in total. The molecular formula is C16H13FN2O3. The third kappa shape index (κ3) is 2.55. The fourth-order valence-corrected chi connectivity index (χ4v) is 2.50. The lowest BCUT2D eigenvalue weighted by Crippen LogP contribution is -2.27. The predicted octanol–water partition coefficient (Wildman–Crippen LogP) is 2.29. The summed E-state index contributed by atoms with van der Waals surface area (Å²) in [7, 11) is 0. The van der Waals surface area contributed by atoms with E-state index in [0.29, 0.717) is 30.5 Å². The standard InChI is InChI=1S/C16H13FN2O3/c17-11-4-1-2-5-13(11)19-16(22)10-8-9-12(18-15(10)21)6-3-7-14(9)20/h1-2,4-5,8H,3,6-7H2,(H,18,21)(H,19,22). The molecule has 0 atom stereocenters. The van der Waals surface area contributed by atoms with Crippen molar-refractivity contribution in [1.29, 1.82) is 0 Å². The molecule has 0 saturated carbocycles. The molecule has 1 heterocycles. The zero-order valence-electron chi connectivity index (χ0n) is 11.6. The number of carbonyl (C=O) groups is 2. The number of pyridine rings is 1. The van der Waals surface area contributed by atoms with Crippen molar-refractivity contribution in [2.24, 2.45) is 0 Å². The summed E-state index contributed by atoms with van der Waals surface area (Å²) in [6.45, 7) is 0. The molecule has 22 heavy (non-hydrogen) atoms. The second-order valence-electron chi connectivity index (χ2n) is 5.12. The number of aromatic nitrogens is 1. The molecule has 0 saturated heterocycles. The van der Waals surface area contributed by atoms with Crippen molar-refractivity contribution in [2.75, 3.05) is 5.32 Å². The molecule has 2 N–H and O–H groups in total. The number of Topliss-reactive ketones (excluding diaryl/α,β-unsaturated/α-hetero) is 1. The Kier molecular flexibility index (Phi) is 3.58. The van der Waals surface area contributed by atoms with Crippen LogP contribution in [0.2, 0.25) is 0 Å². The summed E-state index contributed by atoms with van der Waals surface area (Å²) in [6.07, 6.45) is 1.68. The van der Waals surface area contributed by atoms with E-state index in [1.165, 1.54) is 24.3 Å². The molecule has 6 heteroatoms. The van der Waals surface area contributed by atoms with Crippen LogP contribution in [0, 0.1) is 5.82 Å². The van der Waals surface area contributed by atoms with E-state index in [9.17, 15) is 18.8 Å². The maximum Gasteiger partial charge on any atom is 0.261 e. The van der Waals surface area contributed by atoms with Crippen molar-refractivity contribution in [2.45, 2.75) is 19.3 Å². The van der Waals surface area contributed by atoms with Crippen LogP contribution in [0.5, 0.6) is 0 Å². The van der Waals surface area contributed by atoms with Gasteiger partial charge in [-0.05, 0) is 31.0 Å². The van der Waals surface area contributed by atoms with Gasteiger partial charge in [-0.3, -0.25) is 14.4 Å². The summed E-state index contributed by atoms with van der Waals surface area (Å²) in [5.74, 6) is -1.44. The minimum atomic E-state index is -0.743. The number of halogens is 1. The van der Waals surface area contributed by atoms with E-state index >= 15 is 0 Å². The van der Waals surface area contributed by atoms with Gasteiger partial charge in [-0.1, -0.05) is 12.1 Å². The largest absolute Gasteiger partial charge is 0.325 e. The fraction of sp³-hybridized carbons (Fsp3) is 0.188. The highest BCUT2D eigenvalue weighted by Crippen LogP contribution is 2.19. The summed E-state index contributed by atoms with van der Waals surface area (Å²) in [6, 6.07) is 6.96. The number of H-pyrrole nitrogens is 1. The molecule has 0 bridgehead atoms. The van der Waals surface area contributed by atoms with E-state index in [0.717, 1.165) is 0 Å². The molecule has 3 rings (SSSR count). The minimum Gasteiger partial charge on any atom is -0.325 e. The average Bonchev–Trinajstić information content (AvgIpc) is 2.49. The number of para-hydroxylation sites is 1. The van der Waals surface area contributed by atoms with Gasteiger partial charge >= 0.3 is 0 Å². The first kappa shape index (κ1) is 14.2. The molecule has 0 fully saturated rings. The normalized spacial score (nSPS) is 13.6. The molecule has 1 aliphatic rings. The van der Waals surface area contributed by atoms with Gasteiger partial charge in [0.2, 0.25) is 0 Å². The third-order valence-electron chi connectivity index (χ3n) is 3.62. The molecule has 1 aromatic heterocycles. The van der Waals surface area contributed by atoms with Gasteiger partial charge in [0.25, 0.3) is 11.5 Å². The Morgan fingerprint density at radius 1 is 1.18 bits per heavy atom. The number of anilines is 1. The maximum atomic E-state index is 13.5. The lowest BCUT2D eigenvalue weighted by atomic mass is 9.93. The SMILES string of the molecule is O=C1CCCc2[nH]c(=O)c(C(=O)Nc3ccccc3F)cc21. The lowest BCUT2D eigenvalue weighted by molar-refractivity contribution is 0.0971. The number of fused-ring (bicyclic) bond motifs is 1. The zero-order valence-corrected chi connectivity index (χ0v) is 11.6. The van der Waals surface area contributed by atoms with Crippen LogP contribution in [0.25, 0.3) is 0 Å². The minimum absolute atomic E-state index is 0.0176. The van der Waals surface area contributed by atoms with Gasteiger partial charge in [-0.2, -0.15) is 0 Å². The Balaban J connectivity index is 1.96. The monoisotopic (exact) mass is 300 g/mol. The number of hydrogen-bond acceptors (Lipinski definition) is 3. The van der Waals surface area contributed by atoms with Crippen molar-refractivity contribution < 1.29 is 14.0 Å². The number of hydrogen-bond donors (Lipinski definition) is 2. The molecule has 0 radical (unpaired) electrons. The smallest absolute Gasteiger partial charge is 0.261 e. The number of aryl methyl sites for hydroxylation is 1. The molecule has 2 aromatic rings. The van der Waals surface area contributed by atoms with Gasteiger partial charge in [-0.15, -0.1) is 0 Å².